The summed E-state index contributed by atoms with van der Waals surface area (Å²) >= 11 is 1.74. The fourth-order valence-corrected chi connectivity index (χ4v) is 2.75. The number of benzene rings is 2. The smallest absolute Gasteiger partial charge is 0.133 e. The monoisotopic (exact) mass is 323 g/mol. The van der Waals surface area contributed by atoms with Gasteiger partial charge in [-0.25, -0.2) is 0 Å². The highest BCUT2D eigenvalue weighted by molar-refractivity contribution is 7.99. The number of hydrogen-bond acceptors (Lipinski definition) is 3. The molecule has 0 bridgehead atoms. The number of para-hydroxylation sites is 1. The van der Waals surface area contributed by atoms with Gasteiger partial charge in [-0.05, 0) is 44.8 Å². The summed E-state index contributed by atoms with van der Waals surface area (Å²) in [6.07, 6.45) is 1.04. The van der Waals surface area contributed by atoms with Crippen molar-refractivity contribution in [2.45, 2.75) is 16.2 Å². The van der Waals surface area contributed by atoms with Crippen LogP contribution in [0.1, 0.15) is 6.42 Å². The van der Waals surface area contributed by atoms with Gasteiger partial charge in [-0.3, -0.25) is 0 Å². The zero-order valence-corrected chi connectivity index (χ0v) is 14.1. The van der Waals surface area contributed by atoms with E-state index in [2.05, 4.69) is 55.4 Å². The second-order valence-electron chi connectivity index (χ2n) is 4.87. The average Bonchev–Trinajstić information content (AvgIpc) is 2.46. The third kappa shape index (κ3) is 6.42. The Kier molecular flexibility index (Phi) is 8.28. The molecule has 0 aromatic heterocycles. The lowest BCUT2D eigenvalue weighted by atomic mass is 10.3. The van der Waals surface area contributed by atoms with Gasteiger partial charge in [0.05, 0.1) is 11.5 Å². The molecule has 0 aliphatic rings. The van der Waals surface area contributed by atoms with Crippen molar-refractivity contribution in [2.75, 3.05) is 27.2 Å². The Balaban J connectivity index is 0.00000220. The largest absolute Gasteiger partial charge is 0.492 e. The lowest BCUT2D eigenvalue weighted by Crippen LogP contribution is -2.15. The molecule has 114 valence electrons. The van der Waals surface area contributed by atoms with Crippen molar-refractivity contribution in [2.24, 2.45) is 0 Å². The quantitative estimate of drug-likeness (QED) is 0.691. The molecule has 0 spiro atoms. The van der Waals surface area contributed by atoms with E-state index in [1.165, 1.54) is 9.79 Å². The minimum atomic E-state index is 0. The fraction of sp³-hybridized carbons (Fsp3) is 0.294. The van der Waals surface area contributed by atoms with Crippen molar-refractivity contribution < 1.29 is 4.74 Å². The summed E-state index contributed by atoms with van der Waals surface area (Å²) in [5.74, 6) is 0.972. The number of ether oxygens (including phenoxy) is 1. The molecule has 2 aromatic rings. The molecule has 0 fully saturated rings. The Morgan fingerprint density at radius 2 is 1.62 bits per heavy atom. The van der Waals surface area contributed by atoms with Crippen LogP contribution in [0.3, 0.4) is 0 Å². The third-order valence-corrected chi connectivity index (χ3v) is 3.89. The van der Waals surface area contributed by atoms with E-state index in [0.717, 1.165) is 25.3 Å². The van der Waals surface area contributed by atoms with Crippen molar-refractivity contribution in [3.8, 4) is 5.75 Å². The van der Waals surface area contributed by atoms with Gasteiger partial charge in [0.25, 0.3) is 0 Å². The van der Waals surface area contributed by atoms with Crippen LogP contribution in [0.4, 0.5) is 0 Å². The molecule has 0 atom stereocenters. The summed E-state index contributed by atoms with van der Waals surface area (Å²) < 4.78 is 5.91. The van der Waals surface area contributed by atoms with Crippen LogP contribution in [0.25, 0.3) is 0 Å². The Hall–Kier alpha value is -1.16. The number of rotatable bonds is 7. The predicted octanol–water partition coefficient (Wildman–Crippen LogP) is 4.59. The molecule has 0 aliphatic carbocycles. The molecule has 0 amide bonds. The van der Waals surface area contributed by atoms with Crippen molar-refractivity contribution in [1.82, 2.24) is 4.90 Å². The highest BCUT2D eigenvalue weighted by Gasteiger charge is 2.04. The van der Waals surface area contributed by atoms with Crippen LogP contribution in [-0.4, -0.2) is 32.1 Å². The number of halogens is 1. The molecule has 0 radical (unpaired) electrons. The molecule has 0 heterocycles. The lowest BCUT2D eigenvalue weighted by molar-refractivity contribution is 0.276. The minimum absolute atomic E-state index is 0. The number of nitrogens with zero attached hydrogens (tertiary/aromatic N) is 1. The van der Waals surface area contributed by atoms with E-state index in [9.17, 15) is 0 Å². The van der Waals surface area contributed by atoms with Crippen LogP contribution in [0.5, 0.6) is 5.75 Å². The predicted molar refractivity (Wildman–Crippen MR) is 92.9 cm³/mol. The van der Waals surface area contributed by atoms with E-state index in [1.807, 2.05) is 18.2 Å². The van der Waals surface area contributed by atoms with Gasteiger partial charge in [-0.2, -0.15) is 0 Å². The van der Waals surface area contributed by atoms with Crippen LogP contribution in [0.2, 0.25) is 0 Å². The molecule has 0 saturated heterocycles. The van der Waals surface area contributed by atoms with Crippen LogP contribution in [-0.2, 0) is 0 Å². The Bertz CT molecular complexity index is 519. The summed E-state index contributed by atoms with van der Waals surface area (Å²) in [6, 6.07) is 18.6. The van der Waals surface area contributed by atoms with Crippen molar-refractivity contribution >= 4 is 24.2 Å². The molecule has 2 nitrogen and oxygen atoms in total. The Morgan fingerprint density at radius 1 is 0.952 bits per heavy atom. The minimum Gasteiger partial charge on any atom is -0.492 e. The summed E-state index contributed by atoms with van der Waals surface area (Å²) in [5, 5.41) is 0. The molecule has 2 aromatic carbocycles. The molecule has 2 rings (SSSR count). The first-order valence-corrected chi connectivity index (χ1v) is 7.67. The summed E-state index contributed by atoms with van der Waals surface area (Å²) in [4.78, 5) is 4.58. The third-order valence-electron chi connectivity index (χ3n) is 2.83. The van der Waals surface area contributed by atoms with Crippen molar-refractivity contribution in [3.05, 3.63) is 54.6 Å². The second kappa shape index (κ2) is 9.72. The Morgan fingerprint density at radius 3 is 2.33 bits per heavy atom. The van der Waals surface area contributed by atoms with E-state index in [0.29, 0.717) is 0 Å². The van der Waals surface area contributed by atoms with Gasteiger partial charge < -0.3 is 9.64 Å². The van der Waals surface area contributed by atoms with Gasteiger partial charge in [0.1, 0.15) is 5.75 Å². The maximum absolute atomic E-state index is 5.91. The van der Waals surface area contributed by atoms with Gasteiger partial charge in [0, 0.05) is 11.4 Å². The topological polar surface area (TPSA) is 12.5 Å². The van der Waals surface area contributed by atoms with Gasteiger partial charge in [-0.1, -0.05) is 42.1 Å². The molecule has 0 unspecified atom stereocenters. The second-order valence-corrected chi connectivity index (χ2v) is 5.98. The zero-order chi connectivity index (χ0) is 14.2. The fourth-order valence-electron chi connectivity index (χ4n) is 1.83. The maximum atomic E-state index is 5.91. The molecule has 0 saturated carbocycles. The van der Waals surface area contributed by atoms with Gasteiger partial charge in [0.15, 0.2) is 0 Å². The van der Waals surface area contributed by atoms with E-state index >= 15 is 0 Å². The molecular formula is C17H22ClNOS. The van der Waals surface area contributed by atoms with Gasteiger partial charge >= 0.3 is 0 Å². The van der Waals surface area contributed by atoms with E-state index in [1.54, 1.807) is 11.8 Å². The highest BCUT2D eigenvalue weighted by atomic mass is 35.5. The van der Waals surface area contributed by atoms with Crippen LogP contribution < -0.4 is 4.74 Å². The first-order chi connectivity index (χ1) is 9.75. The van der Waals surface area contributed by atoms with Crippen molar-refractivity contribution in [1.29, 1.82) is 0 Å². The molecular weight excluding hydrogens is 302 g/mol. The van der Waals surface area contributed by atoms with E-state index < -0.39 is 0 Å². The molecule has 0 N–H and O–H groups in total. The Labute approximate surface area is 137 Å². The SMILES string of the molecule is CN(C)CCCOc1ccccc1Sc1ccccc1.Cl. The summed E-state index contributed by atoms with van der Waals surface area (Å²) in [6.45, 7) is 1.80. The molecule has 0 aliphatic heterocycles. The molecule has 4 heteroatoms. The maximum Gasteiger partial charge on any atom is 0.133 e. The molecule has 21 heavy (non-hydrogen) atoms. The van der Waals surface area contributed by atoms with Crippen LogP contribution >= 0.6 is 24.2 Å². The van der Waals surface area contributed by atoms with Crippen LogP contribution in [0.15, 0.2) is 64.4 Å². The summed E-state index contributed by atoms with van der Waals surface area (Å²) in [5.41, 5.74) is 0. The lowest BCUT2D eigenvalue weighted by Gasteiger charge is -2.13. The van der Waals surface area contributed by atoms with Gasteiger partial charge in [-0.15, -0.1) is 12.4 Å². The first-order valence-electron chi connectivity index (χ1n) is 6.85. The van der Waals surface area contributed by atoms with E-state index in [-0.39, 0.29) is 12.4 Å². The first kappa shape index (κ1) is 17.9. The number of hydrogen-bond donors (Lipinski definition) is 0. The van der Waals surface area contributed by atoms with Crippen molar-refractivity contribution in [3.63, 3.8) is 0 Å². The standard InChI is InChI=1S/C17H21NOS.ClH/c1-18(2)13-8-14-19-16-11-6-7-12-17(16)20-15-9-4-3-5-10-15;/h3-7,9-12H,8,13-14H2,1-2H3;1H. The summed E-state index contributed by atoms with van der Waals surface area (Å²) in [7, 11) is 4.17. The highest BCUT2D eigenvalue weighted by Crippen LogP contribution is 2.34. The van der Waals surface area contributed by atoms with Crippen LogP contribution in [0, 0.1) is 0 Å². The normalized spacial score (nSPS) is 10.2. The van der Waals surface area contributed by atoms with Gasteiger partial charge in [0.2, 0.25) is 0 Å². The zero-order valence-electron chi connectivity index (χ0n) is 12.5. The van der Waals surface area contributed by atoms with E-state index in [4.69, 9.17) is 4.74 Å². The average molecular weight is 324 g/mol.